The Kier molecular flexibility index (Phi) is 3.27. The van der Waals surface area contributed by atoms with E-state index in [1.807, 2.05) is 18.2 Å². The Labute approximate surface area is 94.7 Å². The Balaban J connectivity index is 1.95. The zero-order valence-electron chi connectivity index (χ0n) is 9.18. The lowest BCUT2D eigenvalue weighted by atomic mass is 10.1. The highest BCUT2D eigenvalue weighted by molar-refractivity contribution is 5.29. The van der Waals surface area contributed by atoms with Gasteiger partial charge in [-0.3, -0.25) is 0 Å². The van der Waals surface area contributed by atoms with Gasteiger partial charge in [0.05, 0.1) is 12.5 Å². The maximum absolute atomic E-state index is 9.37. The lowest BCUT2D eigenvalue weighted by molar-refractivity contribution is 0.472. The first kappa shape index (κ1) is 10.8. The molecule has 1 aromatic carbocycles. The largest absolute Gasteiger partial charge is 0.508 e. The molecular weight excluding hydrogens is 202 g/mol. The van der Waals surface area contributed by atoms with E-state index in [2.05, 4.69) is 12.2 Å². The molecule has 2 aromatic rings. The molecule has 1 unspecified atom stereocenters. The monoisotopic (exact) mass is 217 g/mol. The molecule has 1 aromatic heterocycles. The van der Waals surface area contributed by atoms with Crippen LogP contribution in [0.25, 0.3) is 0 Å². The third-order valence-electron chi connectivity index (χ3n) is 2.56. The Bertz CT molecular complexity index is 437. The molecule has 1 heterocycles. The van der Waals surface area contributed by atoms with Gasteiger partial charge in [-0.2, -0.15) is 0 Å². The second kappa shape index (κ2) is 4.86. The van der Waals surface area contributed by atoms with Gasteiger partial charge in [0.25, 0.3) is 0 Å². The molecule has 0 amide bonds. The van der Waals surface area contributed by atoms with Gasteiger partial charge in [0, 0.05) is 18.2 Å². The van der Waals surface area contributed by atoms with Crippen molar-refractivity contribution in [1.82, 2.24) is 5.32 Å². The number of benzene rings is 1. The van der Waals surface area contributed by atoms with E-state index in [1.54, 1.807) is 24.7 Å². The van der Waals surface area contributed by atoms with Gasteiger partial charge in [-0.15, -0.1) is 0 Å². The summed E-state index contributed by atoms with van der Waals surface area (Å²) in [5.41, 5.74) is 2.19. The van der Waals surface area contributed by atoms with E-state index in [0.717, 1.165) is 17.7 Å². The molecule has 2 rings (SSSR count). The summed E-state index contributed by atoms with van der Waals surface area (Å²) in [6.45, 7) is 2.82. The van der Waals surface area contributed by atoms with Crippen molar-refractivity contribution in [3.63, 3.8) is 0 Å². The minimum absolute atomic E-state index is 0.196. The Morgan fingerprint density at radius 2 is 2.25 bits per heavy atom. The van der Waals surface area contributed by atoms with E-state index in [9.17, 15) is 5.11 Å². The van der Waals surface area contributed by atoms with Gasteiger partial charge in [-0.1, -0.05) is 12.1 Å². The average Bonchev–Trinajstić information content (AvgIpc) is 2.78. The molecule has 3 nitrogen and oxygen atoms in total. The molecule has 16 heavy (non-hydrogen) atoms. The van der Waals surface area contributed by atoms with Gasteiger partial charge in [0.2, 0.25) is 0 Å². The quantitative estimate of drug-likeness (QED) is 0.827. The van der Waals surface area contributed by atoms with Crippen LogP contribution >= 0.6 is 0 Å². The van der Waals surface area contributed by atoms with Gasteiger partial charge in [0.15, 0.2) is 0 Å². The fourth-order valence-electron chi connectivity index (χ4n) is 1.58. The summed E-state index contributed by atoms with van der Waals surface area (Å²) in [6.07, 6.45) is 3.39. The molecule has 0 fully saturated rings. The number of nitrogens with one attached hydrogen (secondary N) is 1. The van der Waals surface area contributed by atoms with Crippen LogP contribution in [-0.2, 0) is 6.54 Å². The maximum Gasteiger partial charge on any atom is 0.115 e. The number of phenolic OH excluding ortho intramolecular Hbond substituents is 1. The number of furan rings is 1. The smallest absolute Gasteiger partial charge is 0.115 e. The second-order valence-corrected chi connectivity index (χ2v) is 3.83. The van der Waals surface area contributed by atoms with E-state index in [4.69, 9.17) is 4.42 Å². The number of hydrogen-bond acceptors (Lipinski definition) is 3. The number of rotatable bonds is 4. The summed E-state index contributed by atoms with van der Waals surface area (Å²) in [7, 11) is 0. The van der Waals surface area contributed by atoms with E-state index < -0.39 is 0 Å². The molecule has 3 heteroatoms. The molecule has 2 N–H and O–H groups in total. The molecule has 0 saturated heterocycles. The summed E-state index contributed by atoms with van der Waals surface area (Å²) in [6, 6.07) is 9.41. The molecule has 0 aliphatic carbocycles. The summed E-state index contributed by atoms with van der Waals surface area (Å²) in [4.78, 5) is 0. The minimum Gasteiger partial charge on any atom is -0.508 e. The minimum atomic E-state index is 0.196. The van der Waals surface area contributed by atoms with Crippen LogP contribution in [0.4, 0.5) is 0 Å². The predicted molar refractivity (Wildman–Crippen MR) is 62.1 cm³/mol. The van der Waals surface area contributed by atoms with E-state index in [-0.39, 0.29) is 6.04 Å². The van der Waals surface area contributed by atoms with Crippen LogP contribution in [0.15, 0.2) is 47.3 Å². The Hall–Kier alpha value is -1.74. The molecule has 0 bridgehead atoms. The van der Waals surface area contributed by atoms with E-state index >= 15 is 0 Å². The highest BCUT2D eigenvalue weighted by Gasteiger charge is 2.05. The van der Waals surface area contributed by atoms with Crippen molar-refractivity contribution >= 4 is 0 Å². The fraction of sp³-hybridized carbons (Fsp3) is 0.231. The van der Waals surface area contributed by atoms with Crippen LogP contribution in [0.3, 0.4) is 0 Å². The van der Waals surface area contributed by atoms with Crippen molar-refractivity contribution in [1.29, 1.82) is 0 Å². The van der Waals surface area contributed by atoms with Crippen LogP contribution in [0.2, 0.25) is 0 Å². The predicted octanol–water partition coefficient (Wildman–Crippen LogP) is 2.84. The third kappa shape index (κ3) is 2.64. The zero-order valence-corrected chi connectivity index (χ0v) is 9.18. The zero-order chi connectivity index (χ0) is 11.4. The highest BCUT2D eigenvalue weighted by atomic mass is 16.3. The molecular formula is C13H15NO2. The lowest BCUT2D eigenvalue weighted by Gasteiger charge is -2.13. The van der Waals surface area contributed by atoms with E-state index in [0.29, 0.717) is 5.75 Å². The standard InChI is InChI=1S/C13H15NO2/c1-10(12-3-2-4-13(15)7-12)14-8-11-5-6-16-9-11/h2-7,9-10,14-15H,8H2,1H3. The molecule has 0 spiro atoms. The van der Waals surface area contributed by atoms with Crippen LogP contribution in [0.1, 0.15) is 24.1 Å². The molecule has 0 saturated carbocycles. The third-order valence-corrected chi connectivity index (χ3v) is 2.56. The summed E-state index contributed by atoms with van der Waals surface area (Å²) in [5.74, 6) is 0.300. The van der Waals surface area contributed by atoms with Crippen molar-refractivity contribution in [3.05, 3.63) is 54.0 Å². The van der Waals surface area contributed by atoms with Gasteiger partial charge in [-0.25, -0.2) is 0 Å². The summed E-state index contributed by atoms with van der Waals surface area (Å²) in [5, 5.41) is 12.7. The van der Waals surface area contributed by atoms with Crippen molar-refractivity contribution in [3.8, 4) is 5.75 Å². The first-order chi connectivity index (χ1) is 7.75. The SMILES string of the molecule is CC(NCc1ccoc1)c1cccc(O)c1. The van der Waals surface area contributed by atoms with Crippen LogP contribution in [0, 0.1) is 0 Å². The Morgan fingerprint density at radius 1 is 1.38 bits per heavy atom. The first-order valence-corrected chi connectivity index (χ1v) is 5.29. The van der Waals surface area contributed by atoms with Gasteiger partial charge >= 0.3 is 0 Å². The number of hydrogen-bond donors (Lipinski definition) is 2. The summed E-state index contributed by atoms with van der Waals surface area (Å²) >= 11 is 0. The number of aromatic hydroxyl groups is 1. The highest BCUT2D eigenvalue weighted by Crippen LogP contribution is 2.18. The van der Waals surface area contributed by atoms with Gasteiger partial charge < -0.3 is 14.8 Å². The van der Waals surface area contributed by atoms with Crippen molar-refractivity contribution in [2.45, 2.75) is 19.5 Å². The Morgan fingerprint density at radius 3 is 2.94 bits per heavy atom. The van der Waals surface area contributed by atoms with Crippen molar-refractivity contribution < 1.29 is 9.52 Å². The normalized spacial score (nSPS) is 12.6. The topological polar surface area (TPSA) is 45.4 Å². The number of phenols is 1. The first-order valence-electron chi connectivity index (χ1n) is 5.29. The fourth-order valence-corrected chi connectivity index (χ4v) is 1.58. The molecule has 84 valence electrons. The van der Waals surface area contributed by atoms with Crippen molar-refractivity contribution in [2.24, 2.45) is 0 Å². The van der Waals surface area contributed by atoms with Gasteiger partial charge in [-0.05, 0) is 30.7 Å². The van der Waals surface area contributed by atoms with Crippen LogP contribution < -0.4 is 5.32 Å². The molecule has 1 atom stereocenters. The molecule has 0 aliphatic rings. The average molecular weight is 217 g/mol. The lowest BCUT2D eigenvalue weighted by Crippen LogP contribution is -2.17. The molecule has 0 aliphatic heterocycles. The molecule has 0 radical (unpaired) electrons. The van der Waals surface area contributed by atoms with E-state index in [1.165, 1.54) is 0 Å². The maximum atomic E-state index is 9.37. The van der Waals surface area contributed by atoms with Crippen LogP contribution in [-0.4, -0.2) is 5.11 Å². The van der Waals surface area contributed by atoms with Gasteiger partial charge in [0.1, 0.15) is 5.75 Å². The van der Waals surface area contributed by atoms with Crippen LogP contribution in [0.5, 0.6) is 5.75 Å². The second-order valence-electron chi connectivity index (χ2n) is 3.83. The summed E-state index contributed by atoms with van der Waals surface area (Å²) < 4.78 is 4.99. The van der Waals surface area contributed by atoms with Crippen molar-refractivity contribution in [2.75, 3.05) is 0 Å².